The molecule has 0 aliphatic carbocycles. The maximum absolute atomic E-state index is 11.5. The third kappa shape index (κ3) is 17.0. The average Bonchev–Trinajstić information content (AvgIpc) is 2.58. The van der Waals surface area contributed by atoms with E-state index >= 15 is 0 Å². The highest BCUT2D eigenvalue weighted by Gasteiger charge is 2.05. The number of rotatable bonds is 15. The molecule has 0 aromatic carbocycles. The van der Waals surface area contributed by atoms with Gasteiger partial charge < -0.3 is 10.4 Å². The van der Waals surface area contributed by atoms with E-state index in [0.29, 0.717) is 12.8 Å². The number of carbonyl (C=O) groups is 1. The molecule has 0 spiro atoms. The van der Waals surface area contributed by atoms with E-state index < -0.39 is 6.23 Å². The summed E-state index contributed by atoms with van der Waals surface area (Å²) in [6, 6.07) is 0. The first-order valence-corrected chi connectivity index (χ1v) is 9.63. The summed E-state index contributed by atoms with van der Waals surface area (Å²) in [6.07, 6.45) is 23.7. The van der Waals surface area contributed by atoms with Crippen LogP contribution in [-0.2, 0) is 4.79 Å². The Bertz CT molecular complexity index is 372. The fourth-order valence-corrected chi connectivity index (χ4v) is 2.26. The lowest BCUT2D eigenvalue weighted by atomic mass is 10.1. The number of aliphatic hydroxyl groups is 1. The number of unbranched alkanes of at least 4 members (excludes halogenated alkanes) is 5. The van der Waals surface area contributed by atoms with Gasteiger partial charge in [-0.25, -0.2) is 0 Å². The molecule has 0 aromatic heterocycles. The van der Waals surface area contributed by atoms with Crippen LogP contribution in [0.5, 0.6) is 0 Å². The van der Waals surface area contributed by atoms with E-state index in [4.69, 9.17) is 0 Å². The molecule has 3 heteroatoms. The molecular weight excluding hydrogens is 298 g/mol. The molecule has 0 rings (SSSR count). The maximum atomic E-state index is 11.5. The zero-order valence-electron chi connectivity index (χ0n) is 15.7. The third-order valence-electron chi connectivity index (χ3n) is 3.77. The molecule has 0 aliphatic heterocycles. The second-order valence-electron chi connectivity index (χ2n) is 6.09. The number of hydrogen-bond acceptors (Lipinski definition) is 2. The summed E-state index contributed by atoms with van der Waals surface area (Å²) in [7, 11) is 0. The molecule has 0 radical (unpaired) electrons. The lowest BCUT2D eigenvalue weighted by molar-refractivity contribution is -0.124. The lowest BCUT2D eigenvalue weighted by Crippen LogP contribution is -2.33. The van der Waals surface area contributed by atoms with E-state index in [-0.39, 0.29) is 5.91 Å². The minimum atomic E-state index is -0.688. The number of allylic oxidation sites excluding steroid dienone is 6. The molecule has 0 aliphatic rings. The first kappa shape index (κ1) is 22.6. The summed E-state index contributed by atoms with van der Waals surface area (Å²) in [5.74, 6) is -0.0366. The van der Waals surface area contributed by atoms with Crippen molar-refractivity contribution >= 4 is 5.91 Å². The summed E-state index contributed by atoms with van der Waals surface area (Å²) >= 11 is 0. The summed E-state index contributed by atoms with van der Waals surface area (Å²) in [5.41, 5.74) is 0. The van der Waals surface area contributed by atoms with Gasteiger partial charge in [-0.2, -0.15) is 0 Å². The molecule has 0 fully saturated rings. The molecule has 1 unspecified atom stereocenters. The summed E-state index contributed by atoms with van der Waals surface area (Å²) in [5, 5.41) is 11.9. The normalized spacial score (nSPS) is 13.3. The highest BCUT2D eigenvalue weighted by molar-refractivity contribution is 5.75. The smallest absolute Gasteiger partial charge is 0.221 e. The molecule has 1 amide bonds. The largest absolute Gasteiger partial charge is 0.374 e. The van der Waals surface area contributed by atoms with Crippen molar-refractivity contribution in [1.82, 2.24) is 5.32 Å². The van der Waals surface area contributed by atoms with Crippen LogP contribution in [0.4, 0.5) is 0 Å². The van der Waals surface area contributed by atoms with Gasteiger partial charge in [-0.1, -0.05) is 69.6 Å². The first-order valence-electron chi connectivity index (χ1n) is 9.63. The van der Waals surface area contributed by atoms with Crippen LogP contribution in [0.1, 0.15) is 84.5 Å². The second kappa shape index (κ2) is 18.0. The third-order valence-corrected chi connectivity index (χ3v) is 3.77. The van der Waals surface area contributed by atoms with Crippen LogP contribution in [0.2, 0.25) is 0 Å². The fraction of sp³-hybridized carbons (Fsp3) is 0.667. The van der Waals surface area contributed by atoms with Gasteiger partial charge >= 0.3 is 0 Å². The van der Waals surface area contributed by atoms with Gasteiger partial charge in [0.2, 0.25) is 5.91 Å². The molecule has 1 atom stereocenters. The van der Waals surface area contributed by atoms with Gasteiger partial charge in [0, 0.05) is 6.42 Å². The van der Waals surface area contributed by atoms with Crippen molar-refractivity contribution in [2.45, 2.75) is 90.7 Å². The van der Waals surface area contributed by atoms with E-state index in [0.717, 1.165) is 38.5 Å². The molecule has 0 aromatic rings. The van der Waals surface area contributed by atoms with Crippen molar-refractivity contribution in [3.8, 4) is 0 Å². The summed E-state index contributed by atoms with van der Waals surface area (Å²) in [6.45, 7) is 4.00. The highest BCUT2D eigenvalue weighted by Crippen LogP contribution is 2.08. The van der Waals surface area contributed by atoms with Crippen LogP contribution < -0.4 is 5.32 Å². The highest BCUT2D eigenvalue weighted by atomic mass is 16.3. The van der Waals surface area contributed by atoms with E-state index in [1.54, 1.807) is 0 Å². The van der Waals surface area contributed by atoms with Gasteiger partial charge in [0.15, 0.2) is 0 Å². The van der Waals surface area contributed by atoms with Crippen LogP contribution in [0.3, 0.4) is 0 Å². The number of aliphatic hydroxyl groups excluding tert-OH is 1. The van der Waals surface area contributed by atoms with Crippen molar-refractivity contribution in [2.75, 3.05) is 0 Å². The molecule has 0 heterocycles. The van der Waals surface area contributed by atoms with Gasteiger partial charge in [0.05, 0.1) is 0 Å². The SMILES string of the molecule is CC/C=C\C/C=C\C/C=C\CCCCCCCC(=O)NC(O)CC. The monoisotopic (exact) mass is 335 g/mol. The van der Waals surface area contributed by atoms with Crippen LogP contribution in [0, 0.1) is 0 Å². The molecule has 0 saturated carbocycles. The molecule has 2 N–H and O–H groups in total. The van der Waals surface area contributed by atoms with Crippen LogP contribution in [-0.4, -0.2) is 17.2 Å². The standard InChI is InChI=1S/C21H37NO2/c1-3-5-6-7-8-9-10-11-12-13-14-15-16-17-18-19-21(24)22-20(23)4-2/h5-6,8-9,11-12,20,23H,3-4,7,10,13-19H2,1-2H3,(H,22,24)/b6-5-,9-8-,12-11-. The van der Waals surface area contributed by atoms with Crippen molar-refractivity contribution in [1.29, 1.82) is 0 Å². The van der Waals surface area contributed by atoms with E-state index in [9.17, 15) is 9.90 Å². The van der Waals surface area contributed by atoms with Gasteiger partial charge in [0.25, 0.3) is 0 Å². The molecule has 24 heavy (non-hydrogen) atoms. The zero-order valence-corrected chi connectivity index (χ0v) is 15.7. The Morgan fingerprint density at radius 3 is 2.12 bits per heavy atom. The zero-order chi connectivity index (χ0) is 17.9. The second-order valence-corrected chi connectivity index (χ2v) is 6.09. The molecule has 0 bridgehead atoms. The van der Waals surface area contributed by atoms with E-state index in [1.807, 2.05) is 6.92 Å². The number of amides is 1. The quantitative estimate of drug-likeness (QED) is 0.238. The predicted molar refractivity (Wildman–Crippen MR) is 104 cm³/mol. The van der Waals surface area contributed by atoms with Crippen LogP contribution >= 0.6 is 0 Å². The first-order chi connectivity index (χ1) is 11.7. The van der Waals surface area contributed by atoms with Gasteiger partial charge in [-0.3, -0.25) is 4.79 Å². The lowest BCUT2D eigenvalue weighted by Gasteiger charge is -2.09. The van der Waals surface area contributed by atoms with Crippen LogP contribution in [0.15, 0.2) is 36.5 Å². The Morgan fingerprint density at radius 1 is 0.875 bits per heavy atom. The molecular formula is C21H37NO2. The van der Waals surface area contributed by atoms with Crippen molar-refractivity contribution in [3.05, 3.63) is 36.5 Å². The minimum Gasteiger partial charge on any atom is -0.374 e. The Labute approximate surface area is 148 Å². The van der Waals surface area contributed by atoms with Crippen LogP contribution in [0.25, 0.3) is 0 Å². The maximum Gasteiger partial charge on any atom is 0.221 e. The average molecular weight is 336 g/mol. The van der Waals surface area contributed by atoms with Gasteiger partial charge in [0.1, 0.15) is 6.23 Å². The number of hydrogen-bond donors (Lipinski definition) is 2. The van der Waals surface area contributed by atoms with Crippen molar-refractivity contribution in [3.63, 3.8) is 0 Å². The summed E-state index contributed by atoms with van der Waals surface area (Å²) in [4.78, 5) is 11.5. The Balaban J connectivity index is 3.34. The predicted octanol–water partition coefficient (Wildman–Crippen LogP) is 5.42. The molecule has 138 valence electrons. The molecule has 0 saturated heterocycles. The van der Waals surface area contributed by atoms with Gasteiger partial charge in [-0.05, 0) is 44.9 Å². The molecule has 3 nitrogen and oxygen atoms in total. The Morgan fingerprint density at radius 2 is 1.46 bits per heavy atom. The fourth-order valence-electron chi connectivity index (χ4n) is 2.26. The topological polar surface area (TPSA) is 49.3 Å². The van der Waals surface area contributed by atoms with Crippen molar-refractivity contribution in [2.24, 2.45) is 0 Å². The van der Waals surface area contributed by atoms with Crippen molar-refractivity contribution < 1.29 is 9.90 Å². The Kier molecular flexibility index (Phi) is 17.0. The summed E-state index contributed by atoms with van der Waals surface area (Å²) < 4.78 is 0. The van der Waals surface area contributed by atoms with Gasteiger partial charge in [-0.15, -0.1) is 0 Å². The minimum absolute atomic E-state index is 0.0366. The number of carbonyl (C=O) groups excluding carboxylic acids is 1. The Hall–Kier alpha value is -1.35. The number of nitrogens with one attached hydrogen (secondary N) is 1. The van der Waals surface area contributed by atoms with E-state index in [1.165, 1.54) is 19.3 Å². The van der Waals surface area contributed by atoms with E-state index in [2.05, 4.69) is 48.7 Å².